The zero-order valence-corrected chi connectivity index (χ0v) is 23.4. The molecule has 41 heavy (non-hydrogen) atoms. The summed E-state index contributed by atoms with van der Waals surface area (Å²) in [4.78, 5) is 42.8. The summed E-state index contributed by atoms with van der Waals surface area (Å²) in [6.45, 7) is 3.03. The van der Waals surface area contributed by atoms with Crippen LogP contribution in [0.3, 0.4) is 0 Å². The zero-order valence-electron chi connectivity index (χ0n) is 23.4. The minimum absolute atomic E-state index is 0.0285. The van der Waals surface area contributed by atoms with Crippen molar-refractivity contribution in [2.24, 2.45) is 5.92 Å². The van der Waals surface area contributed by atoms with Crippen molar-refractivity contribution >= 4 is 11.8 Å². The van der Waals surface area contributed by atoms with E-state index in [2.05, 4.69) is 32.7 Å². The number of benzene rings is 1. The number of pyridine rings is 1. The molecule has 6 rings (SSSR count). The third kappa shape index (κ3) is 6.19. The van der Waals surface area contributed by atoms with Gasteiger partial charge in [-0.2, -0.15) is 0 Å². The predicted octanol–water partition coefficient (Wildman–Crippen LogP) is 2.07. The second kappa shape index (κ2) is 11.9. The lowest BCUT2D eigenvalue weighted by Gasteiger charge is -2.20. The molecule has 216 valence electrons. The number of amides is 2. The average Bonchev–Trinajstić information content (AvgIpc) is 3.71. The number of carbonyl (C=O) groups is 2. The summed E-state index contributed by atoms with van der Waals surface area (Å²) in [5, 5.41) is 11.7. The maximum atomic E-state index is 13.1. The molecular formula is C30H37N7O4. The van der Waals surface area contributed by atoms with Gasteiger partial charge < -0.3 is 19.5 Å². The van der Waals surface area contributed by atoms with E-state index < -0.39 is 0 Å². The Hall–Kier alpha value is -3.99. The smallest absolute Gasteiger partial charge is 0.263 e. The first-order chi connectivity index (χ1) is 19.9. The minimum atomic E-state index is -0.376. The van der Waals surface area contributed by atoms with E-state index in [1.165, 1.54) is 33.9 Å². The summed E-state index contributed by atoms with van der Waals surface area (Å²) >= 11 is 0. The molecule has 4 bridgehead atoms. The van der Waals surface area contributed by atoms with E-state index in [0.717, 1.165) is 38.2 Å². The Morgan fingerprint density at radius 2 is 1.93 bits per heavy atom. The lowest BCUT2D eigenvalue weighted by atomic mass is 9.99. The normalized spacial score (nSPS) is 22.5. The number of hydrogen-bond donors (Lipinski definition) is 1. The van der Waals surface area contributed by atoms with Gasteiger partial charge in [-0.3, -0.25) is 19.3 Å². The number of nitrogens with one attached hydrogen (secondary N) is 1. The number of nitrogens with zero attached hydrogens (tertiary/aromatic N) is 6. The molecule has 1 N–H and O–H groups in total. The Labute approximate surface area is 239 Å². The number of aromatic nitrogens is 4. The van der Waals surface area contributed by atoms with Crippen molar-refractivity contribution in [3.05, 3.63) is 76.0 Å². The molecule has 1 saturated carbocycles. The van der Waals surface area contributed by atoms with Gasteiger partial charge >= 0.3 is 0 Å². The highest BCUT2D eigenvalue weighted by atomic mass is 16.5. The number of likely N-dealkylation sites (N-methyl/N-ethyl adjacent to an activating group) is 1. The molecule has 11 nitrogen and oxygen atoms in total. The van der Waals surface area contributed by atoms with Crippen LogP contribution in [0.1, 0.15) is 59.8 Å². The van der Waals surface area contributed by atoms with Gasteiger partial charge in [-0.1, -0.05) is 17.3 Å². The molecule has 4 heterocycles. The molecule has 11 heteroatoms. The van der Waals surface area contributed by atoms with E-state index in [0.29, 0.717) is 31.3 Å². The molecule has 0 unspecified atom stereocenters. The van der Waals surface area contributed by atoms with Crippen LogP contribution in [0.25, 0.3) is 0 Å². The number of fused-ring (bicyclic) bond motifs is 6. The fourth-order valence-corrected chi connectivity index (χ4v) is 6.27. The Kier molecular flexibility index (Phi) is 7.86. The van der Waals surface area contributed by atoms with Crippen LogP contribution < -0.4 is 15.6 Å². The molecule has 2 atom stereocenters. The highest BCUT2D eigenvalue weighted by molar-refractivity contribution is 5.93. The van der Waals surface area contributed by atoms with Crippen LogP contribution in [0.5, 0.6) is 5.75 Å². The maximum Gasteiger partial charge on any atom is 0.263 e. The molecule has 3 aliphatic rings. The van der Waals surface area contributed by atoms with Crippen molar-refractivity contribution in [2.45, 2.75) is 57.3 Å². The molecule has 2 fully saturated rings. The second-order valence-electron chi connectivity index (χ2n) is 11.5. The van der Waals surface area contributed by atoms with E-state index in [1.54, 1.807) is 19.3 Å². The summed E-state index contributed by atoms with van der Waals surface area (Å²) in [6, 6.07) is 11.5. The molecule has 1 saturated heterocycles. The fourth-order valence-electron chi connectivity index (χ4n) is 6.27. The highest BCUT2D eigenvalue weighted by Gasteiger charge is 2.36. The third-order valence-electron chi connectivity index (χ3n) is 8.44. The average molecular weight is 560 g/mol. The SMILES string of the molecule is CN1CCNC(=O)C[C@H]2CN(Cc3cccc(OC4CCCC4)c3)C[C@H]2n2cc(nn2)Cn2cccc(c2=O)C1=O. The highest BCUT2D eigenvalue weighted by Crippen LogP contribution is 2.32. The third-order valence-corrected chi connectivity index (χ3v) is 8.44. The lowest BCUT2D eigenvalue weighted by Crippen LogP contribution is -2.39. The Balaban J connectivity index is 1.22. The topological polar surface area (TPSA) is 115 Å². The van der Waals surface area contributed by atoms with E-state index in [4.69, 9.17) is 4.74 Å². The number of carbonyl (C=O) groups excluding carboxylic acids is 2. The first-order valence-electron chi connectivity index (χ1n) is 14.5. The number of hydrogen-bond acceptors (Lipinski definition) is 7. The number of likely N-dealkylation sites (tertiary alicyclic amines) is 1. The van der Waals surface area contributed by atoms with Crippen molar-refractivity contribution in [1.29, 1.82) is 0 Å². The van der Waals surface area contributed by atoms with Crippen molar-refractivity contribution in [3.63, 3.8) is 0 Å². The van der Waals surface area contributed by atoms with E-state index >= 15 is 0 Å². The van der Waals surface area contributed by atoms with Gasteiger partial charge in [-0.15, -0.1) is 5.10 Å². The molecule has 3 aromatic rings. The van der Waals surface area contributed by atoms with Gasteiger partial charge in [-0.25, -0.2) is 4.68 Å². The van der Waals surface area contributed by atoms with Crippen molar-refractivity contribution < 1.29 is 14.3 Å². The molecule has 0 spiro atoms. The Bertz CT molecular complexity index is 1460. The van der Waals surface area contributed by atoms with Crippen molar-refractivity contribution in [1.82, 2.24) is 34.7 Å². The molecule has 1 aliphatic carbocycles. The van der Waals surface area contributed by atoms with Gasteiger partial charge in [0.25, 0.3) is 11.5 Å². The van der Waals surface area contributed by atoms with Gasteiger partial charge in [0, 0.05) is 58.3 Å². The fraction of sp³-hybridized carbons (Fsp3) is 0.500. The van der Waals surface area contributed by atoms with Gasteiger partial charge in [-0.05, 0) is 55.5 Å². The molecule has 1 aromatic carbocycles. The van der Waals surface area contributed by atoms with E-state index in [-0.39, 0.29) is 41.4 Å². The Morgan fingerprint density at radius 1 is 1.07 bits per heavy atom. The predicted molar refractivity (Wildman–Crippen MR) is 152 cm³/mol. The largest absolute Gasteiger partial charge is 0.490 e. The summed E-state index contributed by atoms with van der Waals surface area (Å²) in [5.41, 5.74) is 1.51. The standard InChI is InChI=1S/C30H37N7O4/c1-34-13-11-31-28(38)15-22-17-35(16-21-6-4-9-25(14-21)41-24-7-2-3-8-24)20-27(22)37-19-23(32-33-37)18-36-12-5-10-26(29(34)39)30(36)40/h4-6,9-10,12,14,19,22,24,27H,2-3,7-8,11,13,15-18,20H2,1H3,(H,31,38)/t22-,27+/m0/s1. The Morgan fingerprint density at radius 3 is 2.78 bits per heavy atom. The minimum Gasteiger partial charge on any atom is -0.490 e. The van der Waals surface area contributed by atoms with Crippen LogP contribution in [0, 0.1) is 5.92 Å². The summed E-state index contributed by atoms with van der Waals surface area (Å²) < 4.78 is 9.55. The first-order valence-corrected chi connectivity index (χ1v) is 14.5. The van der Waals surface area contributed by atoms with Crippen LogP contribution in [0.15, 0.2) is 53.6 Å². The van der Waals surface area contributed by atoms with Gasteiger partial charge in [0.1, 0.15) is 17.0 Å². The van der Waals surface area contributed by atoms with E-state index in [9.17, 15) is 14.4 Å². The van der Waals surface area contributed by atoms with Crippen LogP contribution >= 0.6 is 0 Å². The van der Waals surface area contributed by atoms with Crippen LogP contribution in [0.2, 0.25) is 0 Å². The first kappa shape index (κ1) is 27.2. The number of rotatable bonds is 4. The van der Waals surface area contributed by atoms with Gasteiger partial charge in [0.15, 0.2) is 0 Å². The van der Waals surface area contributed by atoms with Gasteiger partial charge in [0.2, 0.25) is 5.91 Å². The number of ether oxygens (including phenoxy) is 1. The molecule has 2 aliphatic heterocycles. The molecule has 0 radical (unpaired) electrons. The lowest BCUT2D eigenvalue weighted by molar-refractivity contribution is -0.122. The summed E-state index contributed by atoms with van der Waals surface area (Å²) in [7, 11) is 1.64. The quantitative estimate of drug-likeness (QED) is 0.521. The van der Waals surface area contributed by atoms with Crippen molar-refractivity contribution in [2.75, 3.05) is 33.2 Å². The van der Waals surface area contributed by atoms with Gasteiger partial charge in [0.05, 0.1) is 24.9 Å². The molecule has 2 amide bonds. The summed E-state index contributed by atoms with van der Waals surface area (Å²) in [6.07, 6.45) is 8.87. The summed E-state index contributed by atoms with van der Waals surface area (Å²) in [5.74, 6) is 0.505. The van der Waals surface area contributed by atoms with Crippen LogP contribution in [0.4, 0.5) is 0 Å². The van der Waals surface area contributed by atoms with E-state index in [1.807, 2.05) is 23.0 Å². The van der Waals surface area contributed by atoms with Crippen LogP contribution in [-0.2, 0) is 17.9 Å². The zero-order chi connectivity index (χ0) is 28.3. The van der Waals surface area contributed by atoms with Crippen molar-refractivity contribution in [3.8, 4) is 5.75 Å². The van der Waals surface area contributed by atoms with Crippen LogP contribution in [-0.4, -0.2) is 80.5 Å². The molecular weight excluding hydrogens is 522 g/mol. The molecule has 2 aromatic heterocycles. The monoisotopic (exact) mass is 559 g/mol. The maximum absolute atomic E-state index is 13.1. The second-order valence-corrected chi connectivity index (χ2v) is 11.5.